The lowest BCUT2D eigenvalue weighted by atomic mass is 10.3. The van der Waals surface area contributed by atoms with Crippen molar-refractivity contribution in [1.29, 1.82) is 0 Å². The molecule has 1 amide bonds. The molecule has 1 aliphatic heterocycles. The van der Waals surface area contributed by atoms with Crippen molar-refractivity contribution in [3.8, 4) is 0 Å². The molecule has 0 atom stereocenters. The topological polar surface area (TPSA) is 64.2 Å². The van der Waals surface area contributed by atoms with E-state index >= 15 is 0 Å². The van der Waals surface area contributed by atoms with E-state index in [1.54, 1.807) is 15.7 Å². The van der Waals surface area contributed by atoms with E-state index in [9.17, 15) is 4.79 Å². The second kappa shape index (κ2) is 4.72. The largest absolute Gasteiger partial charge is 0.462 e. The smallest absolute Gasteiger partial charge is 0.253 e. The molecule has 2 aromatic rings. The van der Waals surface area contributed by atoms with Crippen LogP contribution in [0, 0.1) is 6.92 Å². The number of nitrogens with zero attached hydrogens (tertiary/aromatic N) is 4. The van der Waals surface area contributed by atoms with Gasteiger partial charge in [0, 0.05) is 19.2 Å². The number of carbonyl (C=O) groups excluding carboxylic acids is 1. The Kier molecular flexibility index (Phi) is 2.91. The van der Waals surface area contributed by atoms with Crippen LogP contribution in [0.3, 0.4) is 0 Å². The van der Waals surface area contributed by atoms with Gasteiger partial charge in [-0.1, -0.05) is 0 Å². The van der Waals surface area contributed by atoms with Crippen molar-refractivity contribution in [3.63, 3.8) is 0 Å². The Hall–Kier alpha value is -2.37. The molecule has 0 saturated carbocycles. The third kappa shape index (κ3) is 2.29. The molecule has 98 valence electrons. The first kappa shape index (κ1) is 11.7. The second-order valence-electron chi connectivity index (χ2n) is 4.41. The number of carbonyl (C=O) groups is 1. The monoisotopic (exact) mass is 258 g/mol. The average Bonchev–Trinajstić information content (AvgIpc) is 3.03. The van der Waals surface area contributed by atoms with E-state index in [4.69, 9.17) is 4.42 Å². The molecule has 1 aliphatic rings. The maximum atomic E-state index is 12.2. The highest BCUT2D eigenvalue weighted by molar-refractivity contribution is 6.02. The maximum Gasteiger partial charge on any atom is 0.253 e. The highest BCUT2D eigenvalue weighted by Crippen LogP contribution is 2.17. The molecule has 3 rings (SSSR count). The molecule has 6 heteroatoms. The molecule has 3 heterocycles. The number of aromatic nitrogens is 3. The first-order valence-electron chi connectivity index (χ1n) is 6.18. The minimum atomic E-state index is -0.108. The third-order valence-corrected chi connectivity index (χ3v) is 3.01. The molecule has 0 N–H and O–H groups in total. The number of amides is 1. The molecule has 0 spiro atoms. The Morgan fingerprint density at radius 2 is 2.32 bits per heavy atom. The van der Waals surface area contributed by atoms with Crippen molar-refractivity contribution in [2.75, 3.05) is 11.4 Å². The van der Waals surface area contributed by atoms with Crippen LogP contribution in [0.4, 0.5) is 5.95 Å². The molecule has 0 radical (unpaired) electrons. The first-order valence-corrected chi connectivity index (χ1v) is 6.18. The van der Waals surface area contributed by atoms with Crippen LogP contribution in [-0.4, -0.2) is 27.2 Å². The zero-order chi connectivity index (χ0) is 13.2. The van der Waals surface area contributed by atoms with Crippen LogP contribution in [0.5, 0.6) is 0 Å². The summed E-state index contributed by atoms with van der Waals surface area (Å²) in [5.41, 5.74) is 0. The van der Waals surface area contributed by atoms with Gasteiger partial charge in [-0.05, 0) is 31.6 Å². The van der Waals surface area contributed by atoms with Crippen LogP contribution >= 0.6 is 0 Å². The Morgan fingerprint density at radius 1 is 1.42 bits per heavy atom. The summed E-state index contributed by atoms with van der Waals surface area (Å²) >= 11 is 0. The quantitative estimate of drug-likeness (QED) is 0.768. The minimum absolute atomic E-state index is 0.108. The van der Waals surface area contributed by atoms with Crippen LogP contribution in [0.1, 0.15) is 17.9 Å². The fraction of sp³-hybridized carbons (Fsp3) is 0.308. The van der Waals surface area contributed by atoms with Gasteiger partial charge < -0.3 is 4.42 Å². The van der Waals surface area contributed by atoms with Gasteiger partial charge in [0.25, 0.3) is 5.91 Å². The fourth-order valence-corrected chi connectivity index (χ4v) is 2.10. The Bertz CT molecular complexity index is 626. The molecule has 0 fully saturated rings. The number of anilines is 1. The van der Waals surface area contributed by atoms with Gasteiger partial charge in [0.2, 0.25) is 5.95 Å². The van der Waals surface area contributed by atoms with E-state index in [-0.39, 0.29) is 5.91 Å². The number of aryl methyl sites for hydroxylation is 2. The summed E-state index contributed by atoms with van der Waals surface area (Å²) in [5, 5.41) is 4.08. The lowest BCUT2D eigenvalue weighted by Crippen LogP contribution is -2.37. The highest BCUT2D eigenvalue weighted by Gasteiger charge is 2.22. The summed E-state index contributed by atoms with van der Waals surface area (Å²) in [7, 11) is 0. The van der Waals surface area contributed by atoms with Gasteiger partial charge in [0.05, 0.1) is 0 Å². The predicted molar refractivity (Wildman–Crippen MR) is 69.5 cm³/mol. The lowest BCUT2D eigenvalue weighted by molar-refractivity contribution is -0.114. The molecule has 0 bridgehead atoms. The number of rotatable bonds is 2. The van der Waals surface area contributed by atoms with E-state index in [1.807, 2.05) is 19.1 Å². The maximum absolute atomic E-state index is 12.2. The molecule has 19 heavy (non-hydrogen) atoms. The van der Waals surface area contributed by atoms with E-state index < -0.39 is 0 Å². The van der Waals surface area contributed by atoms with E-state index in [0.717, 1.165) is 18.7 Å². The zero-order valence-electron chi connectivity index (χ0n) is 10.6. The fourth-order valence-electron chi connectivity index (χ4n) is 2.10. The van der Waals surface area contributed by atoms with Gasteiger partial charge in [-0.2, -0.15) is 10.1 Å². The molecule has 0 saturated heterocycles. The van der Waals surface area contributed by atoms with Gasteiger partial charge in [-0.3, -0.25) is 9.69 Å². The summed E-state index contributed by atoms with van der Waals surface area (Å²) < 4.78 is 7.13. The van der Waals surface area contributed by atoms with Gasteiger partial charge in [0.15, 0.2) is 0 Å². The highest BCUT2D eigenvalue weighted by atomic mass is 16.3. The number of hydrogen-bond donors (Lipinski definition) is 0. The van der Waals surface area contributed by atoms with Crippen LogP contribution in [0.2, 0.25) is 0 Å². The van der Waals surface area contributed by atoms with Crippen molar-refractivity contribution < 1.29 is 9.21 Å². The summed E-state index contributed by atoms with van der Waals surface area (Å²) in [6.07, 6.45) is 5.53. The number of fused-ring (bicyclic) bond motifs is 1. The minimum Gasteiger partial charge on any atom is -0.462 e. The Labute approximate surface area is 110 Å². The van der Waals surface area contributed by atoms with Crippen LogP contribution in [0.25, 0.3) is 6.08 Å². The Morgan fingerprint density at radius 3 is 3.11 bits per heavy atom. The van der Waals surface area contributed by atoms with Crippen LogP contribution < -0.4 is 4.90 Å². The molecular formula is C13H14N4O2. The lowest BCUT2D eigenvalue weighted by Gasteiger charge is -2.24. The molecule has 0 unspecified atom stereocenters. The van der Waals surface area contributed by atoms with Gasteiger partial charge >= 0.3 is 0 Å². The summed E-state index contributed by atoms with van der Waals surface area (Å²) in [6, 6.07) is 3.69. The normalized spacial score (nSPS) is 14.9. The van der Waals surface area contributed by atoms with Crippen LogP contribution in [-0.2, 0) is 11.3 Å². The second-order valence-corrected chi connectivity index (χ2v) is 4.41. The van der Waals surface area contributed by atoms with E-state index in [2.05, 4.69) is 10.1 Å². The van der Waals surface area contributed by atoms with Crippen molar-refractivity contribution in [2.24, 2.45) is 0 Å². The molecule has 2 aromatic heterocycles. The third-order valence-electron chi connectivity index (χ3n) is 3.01. The van der Waals surface area contributed by atoms with Crippen molar-refractivity contribution in [2.45, 2.75) is 19.9 Å². The van der Waals surface area contributed by atoms with Gasteiger partial charge in [-0.15, -0.1) is 0 Å². The van der Waals surface area contributed by atoms with Crippen molar-refractivity contribution in [3.05, 3.63) is 36.1 Å². The van der Waals surface area contributed by atoms with E-state index in [1.165, 1.54) is 12.4 Å². The van der Waals surface area contributed by atoms with Crippen LogP contribution in [0.15, 0.2) is 29.0 Å². The summed E-state index contributed by atoms with van der Waals surface area (Å²) in [5.74, 6) is 1.99. The summed E-state index contributed by atoms with van der Waals surface area (Å²) in [4.78, 5) is 17.9. The SMILES string of the molecule is Cc1ccc(C=CC(=O)N2CCCn3ncnc32)o1. The van der Waals surface area contributed by atoms with Gasteiger partial charge in [0.1, 0.15) is 17.8 Å². The van der Waals surface area contributed by atoms with Crippen molar-refractivity contribution in [1.82, 2.24) is 14.8 Å². The molecule has 6 nitrogen and oxygen atoms in total. The first-order chi connectivity index (χ1) is 9.24. The summed E-state index contributed by atoms with van der Waals surface area (Å²) in [6.45, 7) is 3.34. The predicted octanol–water partition coefficient (Wildman–Crippen LogP) is 1.63. The molecule has 0 aromatic carbocycles. The number of furan rings is 1. The Balaban J connectivity index is 1.77. The zero-order valence-corrected chi connectivity index (χ0v) is 10.6. The van der Waals surface area contributed by atoms with E-state index in [0.29, 0.717) is 18.3 Å². The number of hydrogen-bond acceptors (Lipinski definition) is 4. The van der Waals surface area contributed by atoms with Gasteiger partial charge in [-0.25, -0.2) is 4.68 Å². The standard InChI is InChI=1S/C13H14N4O2/c1-10-3-4-11(19-10)5-6-12(18)16-7-2-8-17-13(16)14-9-15-17/h3-6,9H,2,7-8H2,1H3. The average molecular weight is 258 g/mol. The molecule has 0 aliphatic carbocycles. The van der Waals surface area contributed by atoms with Crippen molar-refractivity contribution >= 4 is 17.9 Å². The molecular weight excluding hydrogens is 244 g/mol.